The first-order chi connectivity index (χ1) is 12.2. The van der Waals surface area contributed by atoms with Crippen molar-refractivity contribution < 1.29 is 0 Å². The Bertz CT molecular complexity index is 773. The molecule has 5 heteroatoms. The van der Waals surface area contributed by atoms with Crippen LogP contribution >= 0.6 is 0 Å². The Morgan fingerprint density at radius 2 is 1.80 bits per heavy atom. The Hall–Kier alpha value is -2.24. The van der Waals surface area contributed by atoms with Gasteiger partial charge in [-0.15, -0.1) is 0 Å². The van der Waals surface area contributed by atoms with Gasteiger partial charge in [-0.1, -0.05) is 12.1 Å². The maximum absolute atomic E-state index is 4.52. The predicted molar refractivity (Wildman–Crippen MR) is 103 cm³/mol. The lowest BCUT2D eigenvalue weighted by atomic mass is 10.1. The number of hydrogen-bond donors (Lipinski definition) is 1. The first-order valence-corrected chi connectivity index (χ1v) is 8.94. The van der Waals surface area contributed by atoms with Crippen LogP contribution in [0.3, 0.4) is 0 Å². The van der Waals surface area contributed by atoms with Crippen LogP contribution in [-0.2, 0) is 13.1 Å². The van der Waals surface area contributed by atoms with Gasteiger partial charge < -0.3 is 10.2 Å². The third-order valence-electron chi connectivity index (χ3n) is 5.07. The predicted octanol–water partition coefficient (Wildman–Crippen LogP) is 2.90. The Morgan fingerprint density at radius 3 is 2.56 bits per heavy atom. The summed E-state index contributed by atoms with van der Waals surface area (Å²) in [5.74, 6) is 0. The Balaban J connectivity index is 1.39. The van der Waals surface area contributed by atoms with E-state index in [-0.39, 0.29) is 0 Å². The molecule has 3 heterocycles. The molecule has 0 atom stereocenters. The number of pyridine rings is 1. The quantitative estimate of drug-likeness (QED) is 0.933. The summed E-state index contributed by atoms with van der Waals surface area (Å²) in [6.45, 7) is 8.41. The van der Waals surface area contributed by atoms with E-state index < -0.39 is 0 Å². The number of likely N-dealkylation sites (N-methyl/N-ethyl adjacent to an activating group) is 1. The van der Waals surface area contributed by atoms with Gasteiger partial charge in [0.25, 0.3) is 0 Å². The standard InChI is InChI=1S/C20H25N5/c1-15-19-11-18(12-22-20(19)13-21-15)23-17-5-3-16(4-6-17)14-25-9-7-24(2)8-10-25/h3-6,11-12,23H,7-10,13-14H2,1-2H3. The summed E-state index contributed by atoms with van der Waals surface area (Å²) < 4.78 is 0. The highest BCUT2D eigenvalue weighted by Gasteiger charge is 2.15. The number of aromatic nitrogens is 1. The van der Waals surface area contributed by atoms with Gasteiger partial charge in [0.2, 0.25) is 0 Å². The largest absolute Gasteiger partial charge is 0.354 e. The molecule has 0 bridgehead atoms. The lowest BCUT2D eigenvalue weighted by Crippen LogP contribution is -2.43. The molecule has 0 amide bonds. The Morgan fingerprint density at radius 1 is 1.04 bits per heavy atom. The van der Waals surface area contributed by atoms with Gasteiger partial charge in [0.15, 0.2) is 0 Å². The molecule has 1 fully saturated rings. The summed E-state index contributed by atoms with van der Waals surface area (Å²) in [6, 6.07) is 10.9. The van der Waals surface area contributed by atoms with Crippen LogP contribution in [0.2, 0.25) is 0 Å². The second kappa shape index (κ2) is 6.94. The van der Waals surface area contributed by atoms with Crippen molar-refractivity contribution in [1.82, 2.24) is 14.8 Å². The van der Waals surface area contributed by atoms with Gasteiger partial charge in [-0.25, -0.2) is 0 Å². The summed E-state index contributed by atoms with van der Waals surface area (Å²) in [4.78, 5) is 13.9. The van der Waals surface area contributed by atoms with E-state index in [0.29, 0.717) is 6.54 Å². The number of rotatable bonds is 4. The van der Waals surface area contributed by atoms with Gasteiger partial charge in [0.1, 0.15) is 0 Å². The van der Waals surface area contributed by atoms with E-state index in [0.717, 1.165) is 61.1 Å². The molecule has 2 aliphatic rings. The van der Waals surface area contributed by atoms with Crippen molar-refractivity contribution in [2.24, 2.45) is 4.99 Å². The average molecular weight is 335 g/mol. The number of piperazine rings is 1. The minimum absolute atomic E-state index is 0.711. The lowest BCUT2D eigenvalue weighted by molar-refractivity contribution is 0.148. The summed E-state index contributed by atoms with van der Waals surface area (Å²) >= 11 is 0. The van der Waals surface area contributed by atoms with E-state index in [9.17, 15) is 0 Å². The molecule has 0 aliphatic carbocycles. The fourth-order valence-corrected chi connectivity index (χ4v) is 3.40. The number of aliphatic imine (C=N–C) groups is 1. The number of hydrogen-bond acceptors (Lipinski definition) is 5. The molecule has 1 N–H and O–H groups in total. The molecule has 0 radical (unpaired) electrons. The van der Waals surface area contributed by atoms with Gasteiger partial charge in [-0.05, 0) is 37.7 Å². The SMILES string of the molecule is CC1=NCc2ncc(Nc3ccc(CN4CCN(C)CC4)cc3)cc21. The minimum atomic E-state index is 0.711. The van der Waals surface area contributed by atoms with Crippen LogP contribution in [0.5, 0.6) is 0 Å². The second-order valence-corrected chi connectivity index (χ2v) is 7.02. The van der Waals surface area contributed by atoms with Crippen molar-refractivity contribution in [3.8, 4) is 0 Å². The van der Waals surface area contributed by atoms with E-state index in [1.807, 2.05) is 13.1 Å². The maximum atomic E-state index is 4.52. The van der Waals surface area contributed by atoms with E-state index in [1.54, 1.807) is 0 Å². The summed E-state index contributed by atoms with van der Waals surface area (Å²) in [5, 5.41) is 3.45. The monoisotopic (exact) mass is 335 g/mol. The van der Waals surface area contributed by atoms with Crippen molar-refractivity contribution in [1.29, 1.82) is 0 Å². The van der Waals surface area contributed by atoms with Crippen LogP contribution in [0.1, 0.15) is 23.7 Å². The van der Waals surface area contributed by atoms with Gasteiger partial charge in [0.05, 0.1) is 24.1 Å². The zero-order chi connectivity index (χ0) is 17.2. The lowest BCUT2D eigenvalue weighted by Gasteiger charge is -2.32. The van der Waals surface area contributed by atoms with Crippen molar-refractivity contribution in [2.75, 3.05) is 38.5 Å². The third-order valence-corrected chi connectivity index (χ3v) is 5.07. The van der Waals surface area contributed by atoms with Crippen LogP contribution in [-0.4, -0.2) is 53.7 Å². The van der Waals surface area contributed by atoms with E-state index in [4.69, 9.17) is 0 Å². The molecule has 0 saturated carbocycles. The number of benzene rings is 1. The second-order valence-electron chi connectivity index (χ2n) is 7.02. The maximum Gasteiger partial charge on any atom is 0.0821 e. The highest BCUT2D eigenvalue weighted by atomic mass is 15.2. The normalized spacial score (nSPS) is 18.1. The van der Waals surface area contributed by atoms with E-state index in [1.165, 1.54) is 5.56 Å². The topological polar surface area (TPSA) is 43.8 Å². The van der Waals surface area contributed by atoms with E-state index >= 15 is 0 Å². The number of anilines is 2. The highest BCUT2D eigenvalue weighted by molar-refractivity contribution is 6.02. The van der Waals surface area contributed by atoms with Crippen LogP contribution in [0.15, 0.2) is 41.5 Å². The first-order valence-electron chi connectivity index (χ1n) is 8.94. The molecule has 0 spiro atoms. The van der Waals surface area contributed by atoms with Crippen molar-refractivity contribution in [3.05, 3.63) is 53.3 Å². The van der Waals surface area contributed by atoms with Crippen LogP contribution in [0.25, 0.3) is 0 Å². The first kappa shape index (κ1) is 16.2. The van der Waals surface area contributed by atoms with Crippen LogP contribution in [0, 0.1) is 0 Å². The fourth-order valence-electron chi connectivity index (χ4n) is 3.40. The molecule has 1 saturated heterocycles. The van der Waals surface area contributed by atoms with Gasteiger partial charge >= 0.3 is 0 Å². The number of nitrogens with one attached hydrogen (secondary N) is 1. The Labute approximate surface area is 149 Å². The fraction of sp³-hybridized carbons (Fsp3) is 0.400. The zero-order valence-electron chi connectivity index (χ0n) is 15.0. The van der Waals surface area contributed by atoms with Crippen LogP contribution in [0.4, 0.5) is 11.4 Å². The molecule has 4 rings (SSSR count). The molecular formula is C20H25N5. The summed E-state index contributed by atoms with van der Waals surface area (Å²) in [5.41, 5.74) is 6.79. The van der Waals surface area contributed by atoms with Crippen molar-refractivity contribution >= 4 is 17.1 Å². The molecule has 2 aromatic rings. The molecule has 0 unspecified atom stereocenters. The van der Waals surface area contributed by atoms with E-state index in [2.05, 4.69) is 62.5 Å². The molecule has 1 aromatic carbocycles. The third kappa shape index (κ3) is 3.72. The van der Waals surface area contributed by atoms with Gasteiger partial charge in [-0.2, -0.15) is 0 Å². The van der Waals surface area contributed by atoms with Crippen molar-refractivity contribution in [2.45, 2.75) is 20.0 Å². The molecule has 130 valence electrons. The molecular weight excluding hydrogens is 310 g/mol. The minimum Gasteiger partial charge on any atom is -0.354 e. The van der Waals surface area contributed by atoms with Gasteiger partial charge in [-0.3, -0.25) is 14.9 Å². The average Bonchev–Trinajstić information content (AvgIpc) is 2.99. The van der Waals surface area contributed by atoms with Crippen molar-refractivity contribution in [3.63, 3.8) is 0 Å². The Kier molecular flexibility index (Phi) is 4.51. The number of nitrogens with zero attached hydrogens (tertiary/aromatic N) is 4. The summed E-state index contributed by atoms with van der Waals surface area (Å²) in [6.07, 6.45) is 1.89. The van der Waals surface area contributed by atoms with Crippen LogP contribution < -0.4 is 5.32 Å². The van der Waals surface area contributed by atoms with Gasteiger partial charge in [0, 0.05) is 49.7 Å². The smallest absolute Gasteiger partial charge is 0.0821 e. The molecule has 1 aromatic heterocycles. The zero-order valence-corrected chi connectivity index (χ0v) is 15.0. The highest BCUT2D eigenvalue weighted by Crippen LogP contribution is 2.23. The molecule has 2 aliphatic heterocycles. The summed E-state index contributed by atoms with van der Waals surface area (Å²) in [7, 11) is 2.19. The number of fused-ring (bicyclic) bond motifs is 1. The molecule has 25 heavy (non-hydrogen) atoms. The molecule has 5 nitrogen and oxygen atoms in total.